The molecule has 3 rings (SSSR count). The number of hydrogen-bond acceptors (Lipinski definition) is 4. The standard InChI is InChI=1S/C14H12N2O2S/c15-16-13-11-8-4-5-9-12(11)19(17,18)14(13)10-6-2-1-3-7-10/h1-9,16H,15H2. The number of rotatable bonds is 2. The zero-order valence-electron chi connectivity index (χ0n) is 10.00. The summed E-state index contributed by atoms with van der Waals surface area (Å²) in [6, 6.07) is 15.8. The summed E-state index contributed by atoms with van der Waals surface area (Å²) < 4.78 is 25.2. The largest absolute Gasteiger partial charge is 0.322 e. The zero-order valence-corrected chi connectivity index (χ0v) is 10.8. The number of hydrazine groups is 1. The highest BCUT2D eigenvalue weighted by molar-refractivity contribution is 8.01. The molecular weight excluding hydrogens is 260 g/mol. The Bertz CT molecular complexity index is 765. The molecule has 0 radical (unpaired) electrons. The van der Waals surface area contributed by atoms with Crippen LogP contribution in [0.4, 0.5) is 0 Å². The second-order valence-electron chi connectivity index (χ2n) is 4.21. The topological polar surface area (TPSA) is 72.2 Å². The third kappa shape index (κ3) is 1.67. The van der Waals surface area contributed by atoms with Gasteiger partial charge in [-0.25, -0.2) is 8.42 Å². The molecule has 5 heteroatoms. The first-order valence-corrected chi connectivity index (χ1v) is 7.25. The maximum atomic E-state index is 12.6. The van der Waals surface area contributed by atoms with Gasteiger partial charge in [-0.05, 0) is 11.6 Å². The van der Waals surface area contributed by atoms with E-state index in [4.69, 9.17) is 5.84 Å². The van der Waals surface area contributed by atoms with Crippen LogP contribution in [0.3, 0.4) is 0 Å². The molecule has 0 amide bonds. The first-order valence-electron chi connectivity index (χ1n) is 5.77. The van der Waals surface area contributed by atoms with E-state index in [2.05, 4.69) is 5.43 Å². The van der Waals surface area contributed by atoms with E-state index in [1.807, 2.05) is 6.07 Å². The molecule has 2 aromatic rings. The number of nitrogens with one attached hydrogen (secondary N) is 1. The number of hydrogen-bond donors (Lipinski definition) is 2. The van der Waals surface area contributed by atoms with Crippen molar-refractivity contribution in [1.82, 2.24) is 5.43 Å². The van der Waals surface area contributed by atoms with Crippen LogP contribution in [0.15, 0.2) is 59.5 Å². The Morgan fingerprint density at radius 1 is 0.895 bits per heavy atom. The van der Waals surface area contributed by atoms with Crippen LogP contribution >= 0.6 is 0 Å². The number of fused-ring (bicyclic) bond motifs is 1. The minimum absolute atomic E-state index is 0.233. The Morgan fingerprint density at radius 3 is 2.21 bits per heavy atom. The van der Waals surface area contributed by atoms with Gasteiger partial charge in [-0.15, -0.1) is 0 Å². The van der Waals surface area contributed by atoms with Gasteiger partial charge in [-0.3, -0.25) is 5.84 Å². The van der Waals surface area contributed by atoms with Gasteiger partial charge in [0, 0.05) is 5.56 Å². The van der Waals surface area contributed by atoms with Crippen LogP contribution in [0.25, 0.3) is 10.6 Å². The summed E-state index contributed by atoms with van der Waals surface area (Å²) in [6.07, 6.45) is 0. The molecule has 96 valence electrons. The van der Waals surface area contributed by atoms with E-state index >= 15 is 0 Å². The number of sulfone groups is 1. The van der Waals surface area contributed by atoms with Crippen LogP contribution in [0.1, 0.15) is 11.1 Å². The zero-order chi connectivity index (χ0) is 13.5. The van der Waals surface area contributed by atoms with Crippen LogP contribution in [-0.4, -0.2) is 8.42 Å². The number of benzene rings is 2. The molecule has 1 aliphatic heterocycles. The molecule has 2 aromatic carbocycles. The lowest BCUT2D eigenvalue weighted by Gasteiger charge is -2.06. The summed E-state index contributed by atoms with van der Waals surface area (Å²) in [4.78, 5) is 0.526. The maximum Gasteiger partial charge on any atom is 0.209 e. The van der Waals surface area contributed by atoms with Crippen molar-refractivity contribution in [2.24, 2.45) is 5.84 Å². The van der Waals surface area contributed by atoms with Crippen LogP contribution in [-0.2, 0) is 9.84 Å². The molecule has 4 nitrogen and oxygen atoms in total. The molecule has 0 saturated heterocycles. The highest BCUT2D eigenvalue weighted by Crippen LogP contribution is 2.42. The van der Waals surface area contributed by atoms with E-state index in [1.165, 1.54) is 0 Å². The molecule has 1 heterocycles. The predicted octanol–water partition coefficient (Wildman–Crippen LogP) is 1.76. The van der Waals surface area contributed by atoms with Crippen LogP contribution in [0.2, 0.25) is 0 Å². The lowest BCUT2D eigenvalue weighted by molar-refractivity contribution is 0.606. The summed E-state index contributed by atoms with van der Waals surface area (Å²) in [5.74, 6) is 5.53. The lowest BCUT2D eigenvalue weighted by Crippen LogP contribution is -2.20. The fourth-order valence-electron chi connectivity index (χ4n) is 2.31. The van der Waals surface area contributed by atoms with Crippen LogP contribution < -0.4 is 11.3 Å². The molecule has 0 aromatic heterocycles. The SMILES string of the molecule is NNC1=C(c2ccccc2)S(=O)(=O)c2ccccc21. The normalized spacial score (nSPS) is 16.3. The fraction of sp³-hybridized carbons (Fsp3) is 0. The van der Waals surface area contributed by atoms with Crippen LogP contribution in [0, 0.1) is 0 Å². The first kappa shape index (κ1) is 12.0. The monoisotopic (exact) mass is 272 g/mol. The van der Waals surface area contributed by atoms with Crippen LogP contribution in [0.5, 0.6) is 0 Å². The Hall–Kier alpha value is -2.11. The minimum Gasteiger partial charge on any atom is -0.322 e. The smallest absolute Gasteiger partial charge is 0.209 e. The molecule has 0 saturated carbocycles. The van der Waals surface area contributed by atoms with Crippen molar-refractivity contribution in [3.8, 4) is 0 Å². The third-order valence-corrected chi connectivity index (χ3v) is 5.03. The van der Waals surface area contributed by atoms with Crippen molar-refractivity contribution in [2.45, 2.75) is 4.90 Å². The summed E-state index contributed by atoms with van der Waals surface area (Å²) in [7, 11) is -3.52. The average Bonchev–Trinajstić information content (AvgIpc) is 2.68. The lowest BCUT2D eigenvalue weighted by atomic mass is 10.1. The van der Waals surface area contributed by atoms with Gasteiger partial charge in [0.1, 0.15) is 4.91 Å². The maximum absolute atomic E-state index is 12.6. The molecule has 0 atom stereocenters. The summed E-state index contributed by atoms with van der Waals surface area (Å²) in [5.41, 5.74) is 4.22. The highest BCUT2D eigenvalue weighted by Gasteiger charge is 2.35. The Balaban J connectivity index is 2.36. The quantitative estimate of drug-likeness (QED) is 0.645. The van der Waals surface area contributed by atoms with Gasteiger partial charge >= 0.3 is 0 Å². The van der Waals surface area contributed by atoms with Crippen molar-refractivity contribution in [3.63, 3.8) is 0 Å². The van der Waals surface area contributed by atoms with Gasteiger partial charge in [0.25, 0.3) is 0 Å². The number of nitrogens with two attached hydrogens (primary N) is 1. The summed E-state index contributed by atoms with van der Waals surface area (Å²) in [5, 5.41) is 0. The predicted molar refractivity (Wildman–Crippen MR) is 74.2 cm³/mol. The van der Waals surface area contributed by atoms with E-state index in [1.54, 1.807) is 48.5 Å². The van der Waals surface area contributed by atoms with Gasteiger partial charge in [-0.1, -0.05) is 48.5 Å². The van der Waals surface area contributed by atoms with Crippen molar-refractivity contribution in [2.75, 3.05) is 0 Å². The van der Waals surface area contributed by atoms with E-state index in [9.17, 15) is 8.42 Å². The molecular formula is C14H12N2O2S. The molecule has 1 aliphatic rings. The molecule has 0 spiro atoms. The van der Waals surface area contributed by atoms with Gasteiger partial charge in [0.15, 0.2) is 0 Å². The molecule has 0 unspecified atom stereocenters. The van der Waals surface area contributed by atoms with E-state index in [0.29, 0.717) is 21.7 Å². The van der Waals surface area contributed by atoms with Crippen molar-refractivity contribution in [1.29, 1.82) is 0 Å². The molecule has 19 heavy (non-hydrogen) atoms. The van der Waals surface area contributed by atoms with E-state index < -0.39 is 9.84 Å². The highest BCUT2D eigenvalue weighted by atomic mass is 32.2. The summed E-state index contributed by atoms with van der Waals surface area (Å²) >= 11 is 0. The Morgan fingerprint density at radius 2 is 1.53 bits per heavy atom. The minimum atomic E-state index is -3.52. The van der Waals surface area contributed by atoms with Gasteiger partial charge < -0.3 is 5.43 Å². The second-order valence-corrected chi connectivity index (χ2v) is 6.07. The second kappa shape index (κ2) is 4.22. The Kier molecular flexibility index (Phi) is 2.66. The van der Waals surface area contributed by atoms with Crippen molar-refractivity contribution in [3.05, 3.63) is 65.7 Å². The third-order valence-electron chi connectivity index (χ3n) is 3.12. The van der Waals surface area contributed by atoms with E-state index in [0.717, 1.165) is 0 Å². The van der Waals surface area contributed by atoms with Crippen molar-refractivity contribution >= 4 is 20.4 Å². The molecule has 0 fully saturated rings. The Labute approximate surface area is 111 Å². The molecule has 3 N–H and O–H groups in total. The summed E-state index contributed by atoms with van der Waals surface area (Å²) in [6.45, 7) is 0. The average molecular weight is 272 g/mol. The van der Waals surface area contributed by atoms with E-state index in [-0.39, 0.29) is 4.91 Å². The van der Waals surface area contributed by atoms with Gasteiger partial charge in [-0.2, -0.15) is 0 Å². The molecule has 0 bridgehead atoms. The van der Waals surface area contributed by atoms with Crippen molar-refractivity contribution < 1.29 is 8.42 Å². The van der Waals surface area contributed by atoms with Gasteiger partial charge in [0.2, 0.25) is 9.84 Å². The van der Waals surface area contributed by atoms with Gasteiger partial charge in [0.05, 0.1) is 10.6 Å². The molecule has 0 aliphatic carbocycles. The fourth-order valence-corrected chi connectivity index (χ4v) is 4.13. The first-order chi connectivity index (χ1) is 9.16.